The summed E-state index contributed by atoms with van der Waals surface area (Å²) in [7, 11) is 0. The average Bonchev–Trinajstić information content (AvgIpc) is 3.45. The summed E-state index contributed by atoms with van der Waals surface area (Å²) < 4.78 is 0. The molecule has 0 spiro atoms. The SMILES string of the molecule is C[C@@H]1CC[C@]2(C(=O)O)CC[C@]34C[C@]3(C=C[C@@H]3[C@@]5(C)C[C@@H](O)[C@H](O)C(C)(C)[C@@H]5CC[C@]34C)[C@@H]2[C@]1(C)O. The van der Waals surface area contributed by atoms with Crippen LogP contribution in [-0.2, 0) is 4.79 Å². The van der Waals surface area contributed by atoms with Gasteiger partial charge in [0.2, 0.25) is 0 Å². The van der Waals surface area contributed by atoms with E-state index in [2.05, 4.69) is 46.8 Å². The summed E-state index contributed by atoms with van der Waals surface area (Å²) in [5.41, 5.74) is -2.61. The molecule has 6 rings (SSSR count). The van der Waals surface area contributed by atoms with Crippen LogP contribution in [0.15, 0.2) is 12.2 Å². The number of carboxylic acids is 1. The van der Waals surface area contributed by atoms with Crippen LogP contribution in [-0.4, -0.2) is 44.2 Å². The molecule has 0 radical (unpaired) electrons. The average molecular weight is 487 g/mol. The van der Waals surface area contributed by atoms with E-state index in [0.29, 0.717) is 25.2 Å². The lowest BCUT2D eigenvalue weighted by Crippen LogP contribution is -2.67. The first-order valence-corrected chi connectivity index (χ1v) is 14.1. The van der Waals surface area contributed by atoms with Gasteiger partial charge in [-0.2, -0.15) is 0 Å². The Morgan fingerprint density at radius 1 is 0.971 bits per heavy atom. The Bertz CT molecular complexity index is 1000. The number of hydrogen-bond donors (Lipinski definition) is 4. The fraction of sp³-hybridized carbons (Fsp3) is 0.900. The van der Waals surface area contributed by atoms with Crippen LogP contribution >= 0.6 is 0 Å². The third kappa shape index (κ3) is 2.41. The number of carbonyl (C=O) groups is 1. The van der Waals surface area contributed by atoms with Gasteiger partial charge < -0.3 is 20.4 Å². The van der Waals surface area contributed by atoms with Gasteiger partial charge in [0.05, 0.1) is 23.2 Å². The smallest absolute Gasteiger partial charge is 0.310 e. The van der Waals surface area contributed by atoms with E-state index in [1.54, 1.807) is 0 Å². The Hall–Kier alpha value is -0.910. The molecule has 5 nitrogen and oxygen atoms in total. The minimum absolute atomic E-state index is 0.00320. The maximum Gasteiger partial charge on any atom is 0.310 e. The van der Waals surface area contributed by atoms with E-state index in [0.717, 1.165) is 32.1 Å². The number of aliphatic hydroxyl groups is 3. The van der Waals surface area contributed by atoms with Gasteiger partial charge in [-0.05, 0) is 97.7 Å². The molecule has 0 amide bonds. The zero-order valence-corrected chi connectivity index (χ0v) is 22.5. The van der Waals surface area contributed by atoms with Crippen molar-refractivity contribution in [1.82, 2.24) is 0 Å². The normalized spacial score (nSPS) is 62.0. The number of hydrogen-bond acceptors (Lipinski definition) is 4. The number of fused-ring (bicyclic) bond motifs is 4. The topological polar surface area (TPSA) is 98.0 Å². The van der Waals surface area contributed by atoms with E-state index in [1.807, 2.05) is 6.92 Å². The highest BCUT2D eigenvalue weighted by molar-refractivity contribution is 5.77. The third-order valence-corrected chi connectivity index (χ3v) is 14.0. The Morgan fingerprint density at radius 3 is 2.31 bits per heavy atom. The number of allylic oxidation sites excluding steroid dienone is 2. The van der Waals surface area contributed by atoms with Crippen molar-refractivity contribution < 1.29 is 25.2 Å². The second kappa shape index (κ2) is 6.56. The minimum Gasteiger partial charge on any atom is -0.481 e. The van der Waals surface area contributed by atoms with Crippen LogP contribution in [0.1, 0.15) is 92.9 Å². The van der Waals surface area contributed by atoms with Crippen LogP contribution in [0, 0.1) is 56.2 Å². The van der Waals surface area contributed by atoms with E-state index >= 15 is 0 Å². The van der Waals surface area contributed by atoms with Crippen molar-refractivity contribution in [2.24, 2.45) is 56.2 Å². The molecule has 0 bridgehead atoms. The van der Waals surface area contributed by atoms with Crippen LogP contribution in [0.5, 0.6) is 0 Å². The van der Waals surface area contributed by atoms with E-state index < -0.39 is 29.2 Å². The molecular formula is C30H46O5. The van der Waals surface area contributed by atoms with Crippen molar-refractivity contribution >= 4 is 5.97 Å². The lowest BCUT2D eigenvalue weighted by Gasteiger charge is -2.69. The van der Waals surface area contributed by atoms with Crippen LogP contribution in [0.4, 0.5) is 0 Å². The van der Waals surface area contributed by atoms with Gasteiger partial charge >= 0.3 is 5.97 Å². The maximum atomic E-state index is 12.9. The highest BCUT2D eigenvalue weighted by atomic mass is 16.4. The van der Waals surface area contributed by atoms with Gasteiger partial charge in [-0.25, -0.2) is 0 Å². The van der Waals surface area contributed by atoms with Gasteiger partial charge in [0.15, 0.2) is 0 Å². The Labute approximate surface area is 210 Å². The van der Waals surface area contributed by atoms with E-state index in [4.69, 9.17) is 0 Å². The lowest BCUT2D eigenvalue weighted by molar-refractivity contribution is -0.235. The molecule has 0 aromatic carbocycles. The van der Waals surface area contributed by atoms with Crippen molar-refractivity contribution in [2.45, 2.75) is 111 Å². The molecule has 196 valence electrons. The number of aliphatic hydroxyl groups excluding tert-OH is 2. The predicted octanol–water partition coefficient (Wildman–Crippen LogP) is 4.79. The molecule has 6 aliphatic carbocycles. The standard InChI is InChI=1S/C30H46O5/c1-17-7-11-28(23(33)34)13-14-30-16-29(30,22(28)27(17,6)35)12-9-20-25(4)15-18(31)21(32)24(2,3)19(25)8-10-26(20,30)5/h9,12,17-22,31-32,35H,7-8,10-11,13-16H2,1-6H3,(H,33,34)/t17-,18-,19+,20-,21+,22-,25+,26-,27-,28+,29-,30-/m1/s1. The summed E-state index contributed by atoms with van der Waals surface area (Å²) in [5.74, 6) is -0.319. The minimum atomic E-state index is -1.01. The molecule has 5 fully saturated rings. The van der Waals surface area contributed by atoms with Gasteiger partial charge in [0.25, 0.3) is 0 Å². The molecule has 6 aliphatic rings. The molecule has 0 aliphatic heterocycles. The van der Waals surface area contributed by atoms with Gasteiger partial charge in [-0.1, -0.05) is 46.8 Å². The lowest BCUT2D eigenvalue weighted by atomic mass is 9.36. The van der Waals surface area contributed by atoms with E-state index in [-0.39, 0.29) is 44.8 Å². The van der Waals surface area contributed by atoms with Crippen molar-refractivity contribution in [3.05, 3.63) is 12.2 Å². The fourth-order valence-electron chi connectivity index (χ4n) is 12.2. The predicted molar refractivity (Wildman–Crippen MR) is 133 cm³/mol. The number of rotatable bonds is 1. The maximum absolute atomic E-state index is 12.9. The van der Waals surface area contributed by atoms with E-state index in [9.17, 15) is 25.2 Å². The zero-order chi connectivity index (χ0) is 25.6. The summed E-state index contributed by atoms with van der Waals surface area (Å²) >= 11 is 0. The largest absolute Gasteiger partial charge is 0.481 e. The third-order valence-electron chi connectivity index (χ3n) is 14.0. The monoisotopic (exact) mass is 486 g/mol. The van der Waals surface area contributed by atoms with Crippen LogP contribution in [0.2, 0.25) is 0 Å². The summed E-state index contributed by atoms with van der Waals surface area (Å²) in [6, 6.07) is 0. The molecule has 5 heteroatoms. The first kappa shape index (κ1) is 24.4. The van der Waals surface area contributed by atoms with Crippen molar-refractivity contribution in [1.29, 1.82) is 0 Å². The summed E-state index contributed by atoms with van der Waals surface area (Å²) in [6.45, 7) is 13.1. The molecular weight excluding hydrogens is 440 g/mol. The van der Waals surface area contributed by atoms with Gasteiger partial charge in [0, 0.05) is 11.3 Å². The summed E-state index contributed by atoms with van der Waals surface area (Å²) in [4.78, 5) is 12.9. The molecule has 12 atom stereocenters. The van der Waals surface area contributed by atoms with Crippen molar-refractivity contribution in [2.75, 3.05) is 0 Å². The molecule has 0 saturated heterocycles. The highest BCUT2D eigenvalue weighted by Gasteiger charge is 2.86. The first-order chi connectivity index (χ1) is 16.1. The molecule has 0 aromatic rings. The first-order valence-electron chi connectivity index (χ1n) is 14.1. The van der Waals surface area contributed by atoms with Gasteiger partial charge in [0.1, 0.15) is 0 Å². The molecule has 4 N–H and O–H groups in total. The van der Waals surface area contributed by atoms with Crippen molar-refractivity contribution in [3.63, 3.8) is 0 Å². The van der Waals surface area contributed by atoms with Crippen LogP contribution < -0.4 is 0 Å². The fourth-order valence-corrected chi connectivity index (χ4v) is 12.2. The number of carboxylic acid groups (broad SMARTS) is 1. The molecule has 0 unspecified atom stereocenters. The quantitative estimate of drug-likeness (QED) is 0.400. The Morgan fingerprint density at radius 2 is 1.66 bits per heavy atom. The molecule has 0 aromatic heterocycles. The molecule has 35 heavy (non-hydrogen) atoms. The summed E-state index contributed by atoms with van der Waals surface area (Å²) in [6.07, 6.45) is 9.97. The van der Waals surface area contributed by atoms with Crippen molar-refractivity contribution in [3.8, 4) is 0 Å². The van der Waals surface area contributed by atoms with Gasteiger partial charge in [-0.15, -0.1) is 0 Å². The molecule has 5 saturated carbocycles. The Kier molecular flexibility index (Phi) is 4.58. The zero-order valence-electron chi connectivity index (χ0n) is 22.5. The second-order valence-corrected chi connectivity index (χ2v) is 15.2. The van der Waals surface area contributed by atoms with E-state index in [1.165, 1.54) is 0 Å². The van der Waals surface area contributed by atoms with Gasteiger partial charge in [-0.3, -0.25) is 4.79 Å². The van der Waals surface area contributed by atoms with Crippen LogP contribution in [0.3, 0.4) is 0 Å². The highest BCUT2D eigenvalue weighted by Crippen LogP contribution is 2.90. The van der Waals surface area contributed by atoms with Crippen LogP contribution in [0.25, 0.3) is 0 Å². The second-order valence-electron chi connectivity index (χ2n) is 15.2. The summed E-state index contributed by atoms with van der Waals surface area (Å²) in [5, 5.41) is 44.4. The molecule has 0 heterocycles. The number of aliphatic carboxylic acids is 1. The Balaban J connectivity index is 1.50.